The number of pyridine rings is 1. The first-order valence-corrected chi connectivity index (χ1v) is 6.47. The molecule has 0 aliphatic rings. The number of nitrogens with two attached hydrogens (primary N) is 1. The summed E-state index contributed by atoms with van der Waals surface area (Å²) in [5, 5.41) is 0. The minimum atomic E-state index is 0.560. The predicted octanol–water partition coefficient (Wildman–Crippen LogP) is 2.53. The van der Waals surface area contributed by atoms with Gasteiger partial charge in [0.25, 0.3) is 0 Å². The predicted molar refractivity (Wildman–Crippen MR) is 81.6 cm³/mol. The molecule has 0 aliphatic carbocycles. The summed E-state index contributed by atoms with van der Waals surface area (Å²) in [5.74, 6) is 1.85. The molecule has 0 aliphatic heterocycles. The van der Waals surface area contributed by atoms with Crippen LogP contribution in [-0.2, 0) is 0 Å². The maximum atomic E-state index is 6.10. The number of anilines is 1. The molecule has 108 valence electrons. The molecular formula is C15H16N4O2. The number of hydrogen-bond donors (Lipinski definition) is 2. The fourth-order valence-corrected chi connectivity index (χ4v) is 2.26. The molecule has 21 heavy (non-hydrogen) atoms. The van der Waals surface area contributed by atoms with Crippen molar-refractivity contribution < 1.29 is 9.47 Å². The number of ether oxygens (including phenoxy) is 2. The maximum absolute atomic E-state index is 6.10. The van der Waals surface area contributed by atoms with Crippen LogP contribution in [-0.4, -0.2) is 29.2 Å². The highest BCUT2D eigenvalue weighted by Crippen LogP contribution is 2.36. The largest absolute Gasteiger partial charge is 0.493 e. The van der Waals surface area contributed by atoms with Crippen LogP contribution in [0.1, 0.15) is 5.56 Å². The molecule has 2 heterocycles. The Bertz CT molecular complexity index is 811. The van der Waals surface area contributed by atoms with Gasteiger partial charge in [-0.3, -0.25) is 0 Å². The number of rotatable bonds is 3. The van der Waals surface area contributed by atoms with E-state index in [1.165, 1.54) is 0 Å². The summed E-state index contributed by atoms with van der Waals surface area (Å²) >= 11 is 0. The van der Waals surface area contributed by atoms with Gasteiger partial charge in [0.1, 0.15) is 5.82 Å². The van der Waals surface area contributed by atoms with E-state index >= 15 is 0 Å². The summed E-state index contributed by atoms with van der Waals surface area (Å²) in [6.07, 6.45) is 1.74. The molecule has 1 aromatic carbocycles. The van der Waals surface area contributed by atoms with E-state index in [4.69, 9.17) is 15.2 Å². The van der Waals surface area contributed by atoms with E-state index in [0.29, 0.717) is 28.7 Å². The fourth-order valence-electron chi connectivity index (χ4n) is 2.26. The van der Waals surface area contributed by atoms with Crippen molar-refractivity contribution in [2.45, 2.75) is 6.92 Å². The van der Waals surface area contributed by atoms with Crippen LogP contribution < -0.4 is 15.2 Å². The van der Waals surface area contributed by atoms with Crippen molar-refractivity contribution in [3.8, 4) is 22.9 Å². The van der Waals surface area contributed by atoms with Crippen molar-refractivity contribution in [1.29, 1.82) is 0 Å². The van der Waals surface area contributed by atoms with Crippen LogP contribution in [0.3, 0.4) is 0 Å². The fraction of sp³-hybridized carbons (Fsp3) is 0.200. The van der Waals surface area contributed by atoms with E-state index in [1.54, 1.807) is 32.5 Å². The first-order valence-electron chi connectivity index (χ1n) is 6.47. The molecule has 2 aromatic heterocycles. The van der Waals surface area contributed by atoms with Crippen LogP contribution in [0, 0.1) is 6.92 Å². The number of methoxy groups -OCH3 is 2. The van der Waals surface area contributed by atoms with E-state index in [9.17, 15) is 0 Å². The minimum Gasteiger partial charge on any atom is -0.493 e. The monoisotopic (exact) mass is 284 g/mol. The second-order valence-corrected chi connectivity index (χ2v) is 4.71. The number of benzene rings is 1. The number of hydrogen-bond acceptors (Lipinski definition) is 5. The third-order valence-electron chi connectivity index (χ3n) is 3.41. The molecular weight excluding hydrogens is 268 g/mol. The standard InChI is InChI=1S/C15H16N4O2/c1-8-4-5-17-15-13(8)18-14(19-15)9-6-11(20-2)12(21-3)7-10(9)16/h4-7H,16H2,1-3H3,(H,17,18,19). The van der Waals surface area contributed by atoms with Crippen LogP contribution in [0.25, 0.3) is 22.6 Å². The lowest BCUT2D eigenvalue weighted by Crippen LogP contribution is -1.96. The van der Waals surface area contributed by atoms with Gasteiger partial charge in [-0.1, -0.05) is 0 Å². The van der Waals surface area contributed by atoms with Crippen LogP contribution in [0.2, 0.25) is 0 Å². The Morgan fingerprint density at radius 3 is 2.52 bits per heavy atom. The third kappa shape index (κ3) is 2.14. The van der Waals surface area contributed by atoms with Gasteiger partial charge in [0.15, 0.2) is 17.1 Å². The SMILES string of the molecule is COc1cc(N)c(-c2nc3nccc(C)c3[nH]2)cc1OC. The lowest BCUT2D eigenvalue weighted by atomic mass is 10.1. The van der Waals surface area contributed by atoms with Gasteiger partial charge >= 0.3 is 0 Å². The molecule has 3 N–H and O–H groups in total. The summed E-state index contributed by atoms with van der Waals surface area (Å²) < 4.78 is 10.6. The summed E-state index contributed by atoms with van der Waals surface area (Å²) in [7, 11) is 3.16. The van der Waals surface area contributed by atoms with E-state index in [2.05, 4.69) is 15.0 Å². The van der Waals surface area contributed by atoms with Gasteiger partial charge < -0.3 is 20.2 Å². The Morgan fingerprint density at radius 2 is 1.86 bits per heavy atom. The van der Waals surface area contributed by atoms with E-state index in [1.807, 2.05) is 13.0 Å². The van der Waals surface area contributed by atoms with Gasteiger partial charge in [0, 0.05) is 23.5 Å². The zero-order valence-electron chi connectivity index (χ0n) is 12.1. The number of H-pyrrole nitrogens is 1. The highest BCUT2D eigenvalue weighted by atomic mass is 16.5. The molecule has 0 radical (unpaired) electrons. The molecule has 0 saturated carbocycles. The smallest absolute Gasteiger partial charge is 0.178 e. The second kappa shape index (κ2) is 4.97. The van der Waals surface area contributed by atoms with Gasteiger partial charge in [-0.25, -0.2) is 9.97 Å². The molecule has 0 bridgehead atoms. The molecule has 0 fully saturated rings. The summed E-state index contributed by atoms with van der Waals surface area (Å²) in [4.78, 5) is 12.0. The highest BCUT2D eigenvalue weighted by molar-refractivity contribution is 5.83. The van der Waals surface area contributed by atoms with Gasteiger partial charge in [-0.2, -0.15) is 0 Å². The van der Waals surface area contributed by atoms with Crippen LogP contribution in [0.5, 0.6) is 11.5 Å². The normalized spacial score (nSPS) is 10.8. The molecule has 6 heteroatoms. The van der Waals surface area contributed by atoms with E-state index in [0.717, 1.165) is 16.6 Å². The molecule has 3 aromatic rings. The minimum absolute atomic E-state index is 0.560. The number of nitrogen functional groups attached to an aromatic ring is 1. The Labute approximate surface area is 121 Å². The van der Waals surface area contributed by atoms with Crippen LogP contribution in [0.4, 0.5) is 5.69 Å². The van der Waals surface area contributed by atoms with E-state index in [-0.39, 0.29) is 0 Å². The van der Waals surface area contributed by atoms with Crippen molar-refractivity contribution in [3.05, 3.63) is 30.0 Å². The Hall–Kier alpha value is -2.76. The molecule has 0 atom stereocenters. The average Bonchev–Trinajstić information content (AvgIpc) is 2.92. The third-order valence-corrected chi connectivity index (χ3v) is 3.41. The van der Waals surface area contributed by atoms with Crippen molar-refractivity contribution >= 4 is 16.9 Å². The highest BCUT2D eigenvalue weighted by Gasteiger charge is 2.14. The first kappa shape index (κ1) is 13.2. The molecule has 3 rings (SSSR count). The van der Waals surface area contributed by atoms with Crippen molar-refractivity contribution in [3.63, 3.8) is 0 Å². The lowest BCUT2D eigenvalue weighted by Gasteiger charge is -2.11. The molecule has 6 nitrogen and oxygen atoms in total. The summed E-state index contributed by atoms with van der Waals surface area (Å²) in [6, 6.07) is 5.46. The first-order chi connectivity index (χ1) is 10.1. The van der Waals surface area contributed by atoms with Gasteiger partial charge in [-0.05, 0) is 24.6 Å². The van der Waals surface area contributed by atoms with Gasteiger partial charge in [0.2, 0.25) is 0 Å². The van der Waals surface area contributed by atoms with Gasteiger partial charge in [-0.15, -0.1) is 0 Å². The lowest BCUT2D eigenvalue weighted by molar-refractivity contribution is 0.355. The number of aromatic nitrogens is 3. The number of imidazole rings is 1. The van der Waals surface area contributed by atoms with Crippen LogP contribution >= 0.6 is 0 Å². The van der Waals surface area contributed by atoms with Crippen LogP contribution in [0.15, 0.2) is 24.4 Å². The average molecular weight is 284 g/mol. The molecule has 0 saturated heterocycles. The van der Waals surface area contributed by atoms with Crippen molar-refractivity contribution in [2.24, 2.45) is 0 Å². The Balaban J connectivity index is 2.20. The molecule has 0 unspecified atom stereocenters. The molecule has 0 spiro atoms. The quantitative estimate of drug-likeness (QED) is 0.722. The van der Waals surface area contributed by atoms with Crippen molar-refractivity contribution in [1.82, 2.24) is 15.0 Å². The number of nitrogens with one attached hydrogen (secondary N) is 1. The topological polar surface area (TPSA) is 86.0 Å². The summed E-state index contributed by atoms with van der Waals surface area (Å²) in [5.41, 5.74) is 10.1. The molecule has 0 amide bonds. The van der Waals surface area contributed by atoms with Crippen molar-refractivity contribution in [2.75, 3.05) is 20.0 Å². The zero-order valence-corrected chi connectivity index (χ0v) is 12.1. The number of aryl methyl sites for hydroxylation is 1. The zero-order chi connectivity index (χ0) is 15.0. The summed E-state index contributed by atoms with van der Waals surface area (Å²) in [6.45, 7) is 2.00. The Kier molecular flexibility index (Phi) is 3.13. The van der Waals surface area contributed by atoms with E-state index < -0.39 is 0 Å². The van der Waals surface area contributed by atoms with Gasteiger partial charge in [0.05, 0.1) is 19.7 Å². The second-order valence-electron chi connectivity index (χ2n) is 4.71. The Morgan fingerprint density at radius 1 is 1.14 bits per heavy atom. The number of fused-ring (bicyclic) bond motifs is 1. The number of nitrogens with zero attached hydrogens (tertiary/aromatic N) is 2. The number of aromatic amines is 1. The maximum Gasteiger partial charge on any atom is 0.178 e.